The van der Waals surface area contributed by atoms with Gasteiger partial charge in [0.2, 0.25) is 0 Å². The van der Waals surface area contributed by atoms with Crippen molar-refractivity contribution < 1.29 is 9.53 Å². The molecule has 0 aliphatic heterocycles. The molecule has 3 nitrogen and oxygen atoms in total. The van der Waals surface area contributed by atoms with Crippen LogP contribution in [0.5, 0.6) is 5.75 Å². The Morgan fingerprint density at radius 2 is 1.95 bits per heavy atom. The highest BCUT2D eigenvalue weighted by Gasteiger charge is 2.13. The highest BCUT2D eigenvalue weighted by Crippen LogP contribution is 2.27. The Labute approximate surface area is 133 Å². The van der Waals surface area contributed by atoms with Crippen molar-refractivity contribution >= 4 is 34.8 Å². The maximum absolute atomic E-state index is 12.4. The first-order valence-electron chi connectivity index (χ1n) is 6.60. The lowest BCUT2D eigenvalue weighted by Crippen LogP contribution is -2.14. The summed E-state index contributed by atoms with van der Waals surface area (Å²) in [5.74, 6) is 0.285. The lowest BCUT2D eigenvalue weighted by atomic mass is 10.2. The number of hydrogen-bond donors (Lipinski definition) is 1. The third kappa shape index (κ3) is 4.13. The summed E-state index contributed by atoms with van der Waals surface area (Å²) in [6.45, 7) is 2.57. The van der Waals surface area contributed by atoms with Crippen LogP contribution in [0.3, 0.4) is 0 Å². The maximum atomic E-state index is 12.4. The predicted molar refractivity (Wildman–Crippen MR) is 86.6 cm³/mol. The molecular weight excluding hydrogens is 309 g/mol. The van der Waals surface area contributed by atoms with Crippen molar-refractivity contribution in [2.45, 2.75) is 13.3 Å². The maximum Gasteiger partial charge on any atom is 0.259 e. The number of hydrogen-bond acceptors (Lipinski definition) is 2. The number of ether oxygens (including phenoxy) is 1. The molecule has 1 N–H and O–H groups in total. The average Bonchev–Trinajstić information content (AvgIpc) is 2.48. The van der Waals surface area contributed by atoms with Crippen LogP contribution in [0.15, 0.2) is 42.5 Å². The van der Waals surface area contributed by atoms with Crippen LogP contribution in [-0.2, 0) is 0 Å². The van der Waals surface area contributed by atoms with Crippen LogP contribution < -0.4 is 10.1 Å². The number of para-hydroxylation sites is 1. The monoisotopic (exact) mass is 323 g/mol. The largest absolute Gasteiger partial charge is 0.493 e. The van der Waals surface area contributed by atoms with Gasteiger partial charge in [-0.25, -0.2) is 0 Å². The highest BCUT2D eigenvalue weighted by atomic mass is 35.5. The second kappa shape index (κ2) is 7.34. The first-order chi connectivity index (χ1) is 10.1. The minimum Gasteiger partial charge on any atom is -0.493 e. The third-order valence-corrected chi connectivity index (χ3v) is 3.32. The smallest absolute Gasteiger partial charge is 0.259 e. The number of rotatable bonds is 5. The Balaban J connectivity index is 2.20. The molecule has 1 amide bonds. The fraction of sp³-hybridized carbons (Fsp3) is 0.188. The van der Waals surface area contributed by atoms with E-state index in [4.69, 9.17) is 27.9 Å². The molecule has 5 heteroatoms. The number of benzene rings is 2. The van der Waals surface area contributed by atoms with E-state index in [0.717, 1.165) is 6.42 Å². The molecule has 0 aliphatic carbocycles. The summed E-state index contributed by atoms with van der Waals surface area (Å²) in [6, 6.07) is 12.0. The van der Waals surface area contributed by atoms with E-state index >= 15 is 0 Å². The van der Waals surface area contributed by atoms with Crippen LogP contribution >= 0.6 is 23.2 Å². The van der Waals surface area contributed by atoms with Crippen molar-refractivity contribution in [3.63, 3.8) is 0 Å². The van der Waals surface area contributed by atoms with Gasteiger partial charge in [0.1, 0.15) is 5.75 Å². The van der Waals surface area contributed by atoms with Gasteiger partial charge in [-0.1, -0.05) is 42.3 Å². The quantitative estimate of drug-likeness (QED) is 0.837. The molecule has 0 aromatic heterocycles. The normalized spacial score (nSPS) is 10.2. The molecule has 2 rings (SSSR count). The van der Waals surface area contributed by atoms with Crippen LogP contribution in [0, 0.1) is 0 Å². The summed E-state index contributed by atoms with van der Waals surface area (Å²) in [6.07, 6.45) is 0.874. The topological polar surface area (TPSA) is 38.3 Å². The summed E-state index contributed by atoms with van der Waals surface area (Å²) in [5.41, 5.74) is 0.980. The standard InChI is InChI=1S/C16H15Cl2NO2/c1-2-9-21-15-6-4-3-5-12(15)16(20)19-14-8-7-11(17)10-13(14)18/h3-8,10H,2,9H2,1H3,(H,19,20). The van der Waals surface area contributed by atoms with Crippen molar-refractivity contribution in [3.05, 3.63) is 58.1 Å². The van der Waals surface area contributed by atoms with Crippen molar-refractivity contribution in [1.82, 2.24) is 0 Å². The molecular formula is C16H15Cl2NO2. The van der Waals surface area contributed by atoms with E-state index in [1.54, 1.807) is 36.4 Å². The first kappa shape index (κ1) is 15.7. The Bertz CT molecular complexity index is 644. The van der Waals surface area contributed by atoms with E-state index in [2.05, 4.69) is 5.32 Å². The number of anilines is 1. The highest BCUT2D eigenvalue weighted by molar-refractivity contribution is 6.36. The molecule has 21 heavy (non-hydrogen) atoms. The van der Waals surface area contributed by atoms with E-state index in [-0.39, 0.29) is 5.91 Å². The van der Waals surface area contributed by atoms with Gasteiger partial charge in [0.25, 0.3) is 5.91 Å². The van der Waals surface area contributed by atoms with Gasteiger partial charge in [-0.3, -0.25) is 4.79 Å². The van der Waals surface area contributed by atoms with Crippen molar-refractivity contribution in [1.29, 1.82) is 0 Å². The van der Waals surface area contributed by atoms with Crippen molar-refractivity contribution in [3.8, 4) is 5.75 Å². The van der Waals surface area contributed by atoms with Crippen LogP contribution in [0.1, 0.15) is 23.7 Å². The number of carbonyl (C=O) groups is 1. The lowest BCUT2D eigenvalue weighted by molar-refractivity contribution is 0.102. The van der Waals surface area contributed by atoms with Crippen LogP contribution in [0.4, 0.5) is 5.69 Å². The molecule has 0 saturated carbocycles. The lowest BCUT2D eigenvalue weighted by Gasteiger charge is -2.12. The summed E-state index contributed by atoms with van der Waals surface area (Å²) >= 11 is 11.9. The SMILES string of the molecule is CCCOc1ccccc1C(=O)Nc1ccc(Cl)cc1Cl. The van der Waals surface area contributed by atoms with E-state index in [1.165, 1.54) is 0 Å². The number of carbonyl (C=O) groups excluding carboxylic acids is 1. The van der Waals surface area contributed by atoms with Gasteiger partial charge in [-0.2, -0.15) is 0 Å². The summed E-state index contributed by atoms with van der Waals surface area (Å²) in [4.78, 5) is 12.4. The molecule has 0 atom stereocenters. The second-order valence-electron chi connectivity index (χ2n) is 4.42. The van der Waals surface area contributed by atoms with E-state index in [9.17, 15) is 4.79 Å². The van der Waals surface area contributed by atoms with Gasteiger partial charge < -0.3 is 10.1 Å². The van der Waals surface area contributed by atoms with Crippen LogP contribution in [-0.4, -0.2) is 12.5 Å². The van der Waals surface area contributed by atoms with Gasteiger partial charge in [0, 0.05) is 5.02 Å². The molecule has 0 fully saturated rings. The van der Waals surface area contributed by atoms with E-state index in [0.29, 0.717) is 33.7 Å². The Morgan fingerprint density at radius 1 is 1.19 bits per heavy atom. The molecule has 0 saturated heterocycles. The van der Waals surface area contributed by atoms with E-state index in [1.807, 2.05) is 13.0 Å². The van der Waals surface area contributed by atoms with Gasteiger partial charge in [-0.15, -0.1) is 0 Å². The predicted octanol–water partition coefficient (Wildman–Crippen LogP) is 5.03. The fourth-order valence-electron chi connectivity index (χ4n) is 1.77. The molecule has 2 aromatic rings. The van der Waals surface area contributed by atoms with Crippen molar-refractivity contribution in [2.24, 2.45) is 0 Å². The Hall–Kier alpha value is -1.71. The summed E-state index contributed by atoms with van der Waals surface area (Å²) in [5, 5.41) is 3.67. The second-order valence-corrected chi connectivity index (χ2v) is 5.27. The fourth-order valence-corrected chi connectivity index (χ4v) is 2.23. The molecule has 0 heterocycles. The minimum atomic E-state index is -0.272. The average molecular weight is 324 g/mol. The van der Waals surface area contributed by atoms with Gasteiger partial charge in [0.05, 0.1) is 22.9 Å². The molecule has 0 spiro atoms. The zero-order valence-corrected chi connectivity index (χ0v) is 13.0. The molecule has 110 valence electrons. The van der Waals surface area contributed by atoms with Gasteiger partial charge >= 0.3 is 0 Å². The third-order valence-electron chi connectivity index (χ3n) is 2.77. The van der Waals surface area contributed by atoms with Gasteiger partial charge in [-0.05, 0) is 36.8 Å². The molecule has 0 bridgehead atoms. The minimum absolute atomic E-state index is 0.272. The van der Waals surface area contributed by atoms with Crippen molar-refractivity contribution in [2.75, 3.05) is 11.9 Å². The number of amides is 1. The first-order valence-corrected chi connectivity index (χ1v) is 7.35. The molecule has 0 aliphatic rings. The number of halogens is 2. The Morgan fingerprint density at radius 3 is 2.67 bits per heavy atom. The van der Waals surface area contributed by atoms with Crippen LogP contribution in [0.2, 0.25) is 10.0 Å². The molecule has 0 unspecified atom stereocenters. The number of nitrogens with one attached hydrogen (secondary N) is 1. The zero-order valence-electron chi connectivity index (χ0n) is 11.5. The molecule has 0 radical (unpaired) electrons. The Kier molecular flexibility index (Phi) is 5.48. The molecule has 2 aromatic carbocycles. The van der Waals surface area contributed by atoms with Gasteiger partial charge in [0.15, 0.2) is 0 Å². The summed E-state index contributed by atoms with van der Waals surface area (Å²) < 4.78 is 5.58. The van der Waals surface area contributed by atoms with E-state index < -0.39 is 0 Å². The van der Waals surface area contributed by atoms with Crippen LogP contribution in [0.25, 0.3) is 0 Å². The summed E-state index contributed by atoms with van der Waals surface area (Å²) in [7, 11) is 0. The zero-order chi connectivity index (χ0) is 15.2.